The Morgan fingerprint density at radius 1 is 1.33 bits per heavy atom. The molecule has 0 saturated carbocycles. The van der Waals surface area contributed by atoms with Gasteiger partial charge in [0.25, 0.3) is 0 Å². The number of fused-ring (bicyclic) bond motifs is 1. The number of hydrogen-bond acceptors (Lipinski definition) is 2. The van der Waals surface area contributed by atoms with Crippen molar-refractivity contribution in [2.24, 2.45) is 0 Å². The summed E-state index contributed by atoms with van der Waals surface area (Å²) in [5.41, 5.74) is 2.50. The molecule has 0 amide bonds. The quantitative estimate of drug-likeness (QED) is 0.661. The highest BCUT2D eigenvalue weighted by molar-refractivity contribution is 9.10. The number of imidazole rings is 1. The molecule has 6 heteroatoms. The molecule has 0 radical (unpaired) electrons. The zero-order chi connectivity index (χ0) is 15.0. The van der Waals surface area contributed by atoms with E-state index >= 15 is 0 Å². The minimum absolute atomic E-state index is 0.299. The second-order valence-corrected chi connectivity index (χ2v) is 5.69. The molecule has 1 N–H and O–H groups in total. The second-order valence-electron chi connectivity index (χ2n) is 4.44. The lowest BCUT2D eigenvalue weighted by molar-refractivity contribution is 0.343. The van der Waals surface area contributed by atoms with E-state index in [2.05, 4.69) is 20.9 Å². The first-order valence-corrected chi connectivity index (χ1v) is 7.64. The number of rotatable bonds is 3. The van der Waals surface area contributed by atoms with Crippen molar-refractivity contribution in [1.82, 2.24) is 9.55 Å². The third kappa shape index (κ3) is 2.49. The van der Waals surface area contributed by atoms with Gasteiger partial charge in [-0.2, -0.15) is 0 Å². The van der Waals surface area contributed by atoms with Crippen LogP contribution in [0, 0.1) is 10.6 Å². The predicted octanol–water partition coefficient (Wildman–Crippen LogP) is 4.99. The van der Waals surface area contributed by atoms with Gasteiger partial charge in [-0.05, 0) is 65.4 Å². The standard InChI is InChI=1S/C15H12BrFN2OS/c1-2-20-13-5-3-4-12-14(13)18-15(21)19(12)11-7-6-9(17)8-10(11)16/h3-8H,2H2,1H3,(H,18,21). The molecule has 0 aliphatic heterocycles. The van der Waals surface area contributed by atoms with E-state index in [1.807, 2.05) is 29.7 Å². The third-order valence-electron chi connectivity index (χ3n) is 3.13. The van der Waals surface area contributed by atoms with E-state index in [1.165, 1.54) is 12.1 Å². The number of benzene rings is 2. The Balaban J connectivity index is 2.30. The summed E-state index contributed by atoms with van der Waals surface area (Å²) < 4.78 is 21.9. The van der Waals surface area contributed by atoms with Gasteiger partial charge in [0, 0.05) is 4.47 Å². The molecule has 0 unspecified atom stereocenters. The molecule has 0 saturated heterocycles. The zero-order valence-electron chi connectivity index (χ0n) is 11.2. The third-order valence-corrected chi connectivity index (χ3v) is 4.05. The lowest BCUT2D eigenvalue weighted by Crippen LogP contribution is -1.96. The van der Waals surface area contributed by atoms with Gasteiger partial charge in [-0.15, -0.1) is 0 Å². The van der Waals surface area contributed by atoms with Crippen LogP contribution in [0.3, 0.4) is 0 Å². The van der Waals surface area contributed by atoms with E-state index < -0.39 is 0 Å². The smallest absolute Gasteiger partial charge is 0.182 e. The summed E-state index contributed by atoms with van der Waals surface area (Å²) in [6.07, 6.45) is 0. The summed E-state index contributed by atoms with van der Waals surface area (Å²) in [4.78, 5) is 3.16. The minimum Gasteiger partial charge on any atom is -0.492 e. The molecule has 3 rings (SSSR count). The van der Waals surface area contributed by atoms with Crippen LogP contribution in [-0.4, -0.2) is 16.2 Å². The average molecular weight is 367 g/mol. The lowest BCUT2D eigenvalue weighted by Gasteiger charge is -2.08. The Kier molecular flexibility index (Phi) is 3.82. The summed E-state index contributed by atoms with van der Waals surface area (Å²) in [6.45, 7) is 2.51. The maximum absolute atomic E-state index is 13.3. The molecule has 0 bridgehead atoms. The first kappa shape index (κ1) is 14.3. The molecule has 3 aromatic rings. The Morgan fingerprint density at radius 2 is 2.14 bits per heavy atom. The van der Waals surface area contributed by atoms with Crippen LogP contribution in [-0.2, 0) is 0 Å². The van der Waals surface area contributed by atoms with Gasteiger partial charge in [0.2, 0.25) is 0 Å². The second kappa shape index (κ2) is 5.61. The van der Waals surface area contributed by atoms with Crippen molar-refractivity contribution in [3.63, 3.8) is 0 Å². The molecule has 2 aromatic carbocycles. The normalized spacial score (nSPS) is 11.0. The molecule has 1 aromatic heterocycles. The van der Waals surface area contributed by atoms with Crippen LogP contribution in [0.25, 0.3) is 16.7 Å². The maximum Gasteiger partial charge on any atom is 0.182 e. The van der Waals surface area contributed by atoms with Crippen molar-refractivity contribution in [3.05, 3.63) is 51.5 Å². The minimum atomic E-state index is -0.299. The van der Waals surface area contributed by atoms with Gasteiger partial charge >= 0.3 is 0 Å². The number of halogens is 2. The Morgan fingerprint density at radius 3 is 2.86 bits per heavy atom. The van der Waals surface area contributed by atoms with Crippen LogP contribution in [0.1, 0.15) is 6.92 Å². The number of para-hydroxylation sites is 1. The van der Waals surface area contributed by atoms with Crippen LogP contribution in [0.2, 0.25) is 0 Å². The molecule has 1 heterocycles. The predicted molar refractivity (Wildman–Crippen MR) is 87.3 cm³/mol. The van der Waals surface area contributed by atoms with Crippen molar-refractivity contribution < 1.29 is 9.13 Å². The van der Waals surface area contributed by atoms with Crippen molar-refractivity contribution in [2.75, 3.05) is 6.61 Å². The number of ether oxygens (including phenoxy) is 1. The van der Waals surface area contributed by atoms with E-state index in [0.717, 1.165) is 22.5 Å². The van der Waals surface area contributed by atoms with Crippen molar-refractivity contribution >= 4 is 39.2 Å². The van der Waals surface area contributed by atoms with E-state index in [0.29, 0.717) is 15.9 Å². The molecular formula is C15H12BrFN2OS. The Labute approximate surface area is 134 Å². The number of nitrogens with zero attached hydrogens (tertiary/aromatic N) is 1. The SMILES string of the molecule is CCOc1cccc2c1[nH]c(=S)n2-c1ccc(F)cc1Br. The van der Waals surface area contributed by atoms with E-state index in [9.17, 15) is 4.39 Å². The molecule has 0 atom stereocenters. The number of aromatic nitrogens is 2. The number of H-pyrrole nitrogens is 1. The van der Waals surface area contributed by atoms with Gasteiger partial charge in [0.15, 0.2) is 4.77 Å². The van der Waals surface area contributed by atoms with Gasteiger partial charge in [-0.3, -0.25) is 4.57 Å². The van der Waals surface area contributed by atoms with Gasteiger partial charge in [-0.1, -0.05) is 6.07 Å². The Hall–Kier alpha value is -1.66. The summed E-state index contributed by atoms with van der Waals surface area (Å²) in [5, 5.41) is 0. The summed E-state index contributed by atoms with van der Waals surface area (Å²) >= 11 is 8.79. The molecule has 108 valence electrons. The highest BCUT2D eigenvalue weighted by Gasteiger charge is 2.13. The highest BCUT2D eigenvalue weighted by atomic mass is 79.9. The van der Waals surface area contributed by atoms with Gasteiger partial charge < -0.3 is 9.72 Å². The average Bonchev–Trinajstić information content (AvgIpc) is 2.77. The monoisotopic (exact) mass is 366 g/mol. The van der Waals surface area contributed by atoms with E-state index in [1.54, 1.807) is 6.07 Å². The van der Waals surface area contributed by atoms with Crippen LogP contribution in [0.5, 0.6) is 5.75 Å². The van der Waals surface area contributed by atoms with Crippen molar-refractivity contribution in [3.8, 4) is 11.4 Å². The lowest BCUT2D eigenvalue weighted by atomic mass is 10.2. The summed E-state index contributed by atoms with van der Waals surface area (Å²) in [6, 6.07) is 10.3. The molecular weight excluding hydrogens is 355 g/mol. The molecule has 0 spiro atoms. The van der Waals surface area contributed by atoms with E-state index in [4.69, 9.17) is 17.0 Å². The van der Waals surface area contributed by atoms with Crippen LogP contribution < -0.4 is 4.74 Å². The van der Waals surface area contributed by atoms with Crippen LogP contribution in [0.15, 0.2) is 40.9 Å². The fourth-order valence-corrected chi connectivity index (χ4v) is 3.11. The highest BCUT2D eigenvalue weighted by Crippen LogP contribution is 2.30. The number of hydrogen-bond donors (Lipinski definition) is 1. The van der Waals surface area contributed by atoms with Gasteiger partial charge in [0.1, 0.15) is 17.1 Å². The summed E-state index contributed by atoms with van der Waals surface area (Å²) in [7, 11) is 0. The fourth-order valence-electron chi connectivity index (χ4n) is 2.28. The van der Waals surface area contributed by atoms with Crippen LogP contribution in [0.4, 0.5) is 4.39 Å². The van der Waals surface area contributed by atoms with Gasteiger partial charge in [-0.25, -0.2) is 4.39 Å². The molecule has 0 fully saturated rings. The van der Waals surface area contributed by atoms with Gasteiger partial charge in [0.05, 0.1) is 17.8 Å². The fraction of sp³-hybridized carbons (Fsp3) is 0.133. The van der Waals surface area contributed by atoms with E-state index in [-0.39, 0.29) is 5.82 Å². The zero-order valence-corrected chi connectivity index (χ0v) is 13.6. The maximum atomic E-state index is 13.3. The van der Waals surface area contributed by atoms with Crippen molar-refractivity contribution in [1.29, 1.82) is 0 Å². The topological polar surface area (TPSA) is 29.9 Å². The molecule has 0 aliphatic carbocycles. The summed E-state index contributed by atoms with van der Waals surface area (Å²) in [5.74, 6) is 0.449. The molecule has 0 aliphatic rings. The first-order chi connectivity index (χ1) is 10.1. The largest absolute Gasteiger partial charge is 0.492 e. The van der Waals surface area contributed by atoms with Crippen molar-refractivity contribution in [2.45, 2.75) is 6.92 Å². The molecule has 21 heavy (non-hydrogen) atoms. The molecule has 3 nitrogen and oxygen atoms in total. The Bertz CT molecular complexity index is 872. The number of aromatic amines is 1. The van der Waals surface area contributed by atoms with Crippen LogP contribution >= 0.6 is 28.1 Å². The first-order valence-electron chi connectivity index (χ1n) is 6.43. The number of nitrogens with one attached hydrogen (secondary N) is 1.